The Morgan fingerprint density at radius 1 is 1.47 bits per heavy atom. The van der Waals surface area contributed by atoms with Gasteiger partial charge in [-0.05, 0) is 13.0 Å². The molecule has 0 aliphatic rings. The Morgan fingerprint density at radius 3 is 2.59 bits per heavy atom. The first kappa shape index (κ1) is 12.9. The first-order valence-corrected chi connectivity index (χ1v) is 4.73. The Bertz CT molecular complexity index is 463. The number of carbonyl (C=O) groups is 3. The molecule has 0 aliphatic carbocycles. The van der Waals surface area contributed by atoms with Gasteiger partial charge in [0, 0.05) is 18.8 Å². The third-order valence-corrected chi connectivity index (χ3v) is 2.00. The van der Waals surface area contributed by atoms with Gasteiger partial charge in [-0.1, -0.05) is 0 Å². The number of carboxylic acids is 1. The number of hydrogen-bond donors (Lipinski definition) is 2. The molecular weight excluding hydrogens is 228 g/mol. The zero-order valence-electron chi connectivity index (χ0n) is 9.39. The van der Waals surface area contributed by atoms with Gasteiger partial charge in [0.25, 0.3) is 5.91 Å². The van der Waals surface area contributed by atoms with Crippen molar-refractivity contribution in [1.29, 1.82) is 0 Å². The normalized spacial score (nSPS) is 10.0. The van der Waals surface area contributed by atoms with Crippen LogP contribution >= 0.6 is 0 Å². The molecule has 0 unspecified atom stereocenters. The second-order valence-electron chi connectivity index (χ2n) is 3.39. The van der Waals surface area contributed by atoms with Crippen LogP contribution in [0.1, 0.15) is 27.8 Å². The van der Waals surface area contributed by atoms with Crippen LogP contribution < -0.4 is 5.48 Å². The number of Topliss-reactive ketones (excluding diaryl/α,β-unsaturated/α-hetero) is 1. The fraction of sp³-hybridized carbons (Fsp3) is 0.300. The molecule has 0 radical (unpaired) electrons. The van der Waals surface area contributed by atoms with Crippen molar-refractivity contribution in [1.82, 2.24) is 10.0 Å². The van der Waals surface area contributed by atoms with Gasteiger partial charge >= 0.3 is 5.97 Å². The van der Waals surface area contributed by atoms with E-state index < -0.39 is 18.5 Å². The average Bonchev–Trinajstić information content (AvgIpc) is 2.59. The predicted molar refractivity (Wildman–Crippen MR) is 56.5 cm³/mol. The minimum absolute atomic E-state index is 0.161. The fourth-order valence-corrected chi connectivity index (χ4v) is 1.20. The Morgan fingerprint density at radius 2 is 2.12 bits per heavy atom. The number of aryl methyl sites for hydroxylation is 1. The van der Waals surface area contributed by atoms with Crippen molar-refractivity contribution >= 4 is 17.7 Å². The Labute approximate surface area is 96.9 Å². The largest absolute Gasteiger partial charge is 0.479 e. The number of hydroxylamine groups is 1. The quantitative estimate of drug-likeness (QED) is 0.556. The zero-order chi connectivity index (χ0) is 13.0. The molecule has 2 N–H and O–H groups in total. The van der Waals surface area contributed by atoms with Crippen molar-refractivity contribution in [2.75, 3.05) is 6.61 Å². The Balaban J connectivity index is 2.69. The van der Waals surface area contributed by atoms with Crippen LogP contribution in [-0.4, -0.2) is 33.9 Å². The van der Waals surface area contributed by atoms with E-state index in [1.807, 2.05) is 5.48 Å². The number of rotatable bonds is 5. The maximum atomic E-state index is 11.5. The lowest BCUT2D eigenvalue weighted by Gasteiger charge is -2.04. The summed E-state index contributed by atoms with van der Waals surface area (Å²) in [6.45, 7) is 0.758. The molecule has 0 atom stereocenters. The van der Waals surface area contributed by atoms with Crippen LogP contribution in [0.5, 0.6) is 0 Å². The van der Waals surface area contributed by atoms with Crippen LogP contribution in [0.15, 0.2) is 12.3 Å². The monoisotopic (exact) mass is 240 g/mol. The standard InChI is InChI=1S/C10H12N2O5/c1-6(13)7-3-8(12(2)4-7)10(16)11-17-5-9(14)15/h3-4H,5H2,1-2H3,(H,11,16)(H,14,15). The van der Waals surface area contributed by atoms with Gasteiger partial charge in [0.2, 0.25) is 0 Å². The number of carbonyl (C=O) groups excluding carboxylic acids is 2. The van der Waals surface area contributed by atoms with Gasteiger partial charge in [-0.3, -0.25) is 14.4 Å². The van der Waals surface area contributed by atoms with E-state index in [1.165, 1.54) is 23.8 Å². The van der Waals surface area contributed by atoms with Gasteiger partial charge in [-0.25, -0.2) is 10.3 Å². The predicted octanol–water partition coefficient (Wildman–Crippen LogP) is -0.0263. The van der Waals surface area contributed by atoms with Crippen molar-refractivity contribution in [2.24, 2.45) is 7.05 Å². The van der Waals surface area contributed by atoms with Crippen LogP contribution in [0.25, 0.3) is 0 Å². The summed E-state index contributed by atoms with van der Waals surface area (Å²) in [6.07, 6.45) is 1.51. The summed E-state index contributed by atoms with van der Waals surface area (Å²) in [6, 6.07) is 1.40. The van der Waals surface area contributed by atoms with E-state index in [-0.39, 0.29) is 11.5 Å². The third kappa shape index (κ3) is 3.42. The highest BCUT2D eigenvalue weighted by molar-refractivity contribution is 5.99. The molecule has 92 valence electrons. The van der Waals surface area contributed by atoms with Gasteiger partial charge in [0.05, 0.1) is 0 Å². The lowest BCUT2D eigenvalue weighted by molar-refractivity contribution is -0.144. The molecule has 0 fully saturated rings. The Kier molecular flexibility index (Phi) is 4.00. The number of aromatic nitrogens is 1. The van der Waals surface area contributed by atoms with Crippen LogP contribution in [0.4, 0.5) is 0 Å². The lowest BCUT2D eigenvalue weighted by atomic mass is 10.2. The number of aliphatic carboxylic acids is 1. The van der Waals surface area contributed by atoms with Crippen LogP contribution in [0.3, 0.4) is 0 Å². The molecule has 0 saturated heterocycles. The molecule has 17 heavy (non-hydrogen) atoms. The molecule has 7 heteroatoms. The highest BCUT2D eigenvalue weighted by Gasteiger charge is 2.14. The molecular formula is C10H12N2O5. The minimum Gasteiger partial charge on any atom is -0.479 e. The molecule has 1 rings (SSSR count). The van der Waals surface area contributed by atoms with Crippen LogP contribution in [0, 0.1) is 0 Å². The summed E-state index contributed by atoms with van der Waals surface area (Å²) in [4.78, 5) is 37.2. The topological polar surface area (TPSA) is 97.6 Å². The molecule has 1 aromatic rings. The average molecular weight is 240 g/mol. The second-order valence-corrected chi connectivity index (χ2v) is 3.39. The minimum atomic E-state index is -1.19. The summed E-state index contributed by atoms with van der Waals surface area (Å²) in [5.74, 6) is -1.96. The highest BCUT2D eigenvalue weighted by Crippen LogP contribution is 2.07. The summed E-state index contributed by atoms with van der Waals surface area (Å²) in [5.41, 5.74) is 2.58. The maximum Gasteiger partial charge on any atom is 0.332 e. The van der Waals surface area contributed by atoms with Gasteiger partial charge in [-0.2, -0.15) is 0 Å². The van der Waals surface area contributed by atoms with Crippen molar-refractivity contribution in [3.63, 3.8) is 0 Å². The maximum absolute atomic E-state index is 11.5. The van der Waals surface area contributed by atoms with E-state index in [0.717, 1.165) is 0 Å². The molecule has 1 amide bonds. The molecule has 0 aliphatic heterocycles. The molecule has 0 spiro atoms. The van der Waals surface area contributed by atoms with E-state index in [1.54, 1.807) is 7.05 Å². The number of carboxylic acid groups (broad SMARTS) is 1. The number of amides is 1. The molecule has 7 nitrogen and oxygen atoms in total. The van der Waals surface area contributed by atoms with E-state index in [2.05, 4.69) is 4.84 Å². The van der Waals surface area contributed by atoms with Crippen molar-refractivity contribution < 1.29 is 24.3 Å². The van der Waals surface area contributed by atoms with E-state index in [9.17, 15) is 14.4 Å². The van der Waals surface area contributed by atoms with E-state index in [0.29, 0.717) is 5.56 Å². The third-order valence-electron chi connectivity index (χ3n) is 2.00. The molecule has 1 aromatic heterocycles. The van der Waals surface area contributed by atoms with Crippen molar-refractivity contribution in [3.8, 4) is 0 Å². The summed E-state index contributed by atoms with van der Waals surface area (Å²) in [5, 5.41) is 8.30. The number of ketones is 1. The van der Waals surface area contributed by atoms with Gasteiger partial charge < -0.3 is 9.67 Å². The molecule has 1 heterocycles. The second kappa shape index (κ2) is 5.26. The number of hydrogen-bond acceptors (Lipinski definition) is 4. The van der Waals surface area contributed by atoms with Gasteiger partial charge in [0.1, 0.15) is 5.69 Å². The summed E-state index contributed by atoms with van der Waals surface area (Å²) < 4.78 is 1.45. The van der Waals surface area contributed by atoms with Crippen LogP contribution in [0.2, 0.25) is 0 Å². The number of nitrogens with one attached hydrogen (secondary N) is 1. The van der Waals surface area contributed by atoms with Gasteiger partial charge in [0.15, 0.2) is 12.4 Å². The van der Waals surface area contributed by atoms with Crippen molar-refractivity contribution in [3.05, 3.63) is 23.5 Å². The first-order valence-electron chi connectivity index (χ1n) is 4.73. The number of nitrogens with zero attached hydrogens (tertiary/aromatic N) is 1. The molecule has 0 aromatic carbocycles. The smallest absolute Gasteiger partial charge is 0.332 e. The SMILES string of the molecule is CC(=O)c1cc(C(=O)NOCC(=O)O)n(C)c1. The summed E-state index contributed by atoms with van der Waals surface area (Å²) >= 11 is 0. The van der Waals surface area contributed by atoms with Crippen molar-refractivity contribution in [2.45, 2.75) is 6.92 Å². The zero-order valence-corrected chi connectivity index (χ0v) is 9.39. The Hall–Kier alpha value is -2.15. The van der Waals surface area contributed by atoms with E-state index >= 15 is 0 Å². The first-order chi connectivity index (χ1) is 7.91. The van der Waals surface area contributed by atoms with Crippen LogP contribution in [-0.2, 0) is 16.7 Å². The summed E-state index contributed by atoms with van der Waals surface area (Å²) in [7, 11) is 1.60. The molecule has 0 saturated carbocycles. The molecule has 0 bridgehead atoms. The van der Waals surface area contributed by atoms with E-state index in [4.69, 9.17) is 5.11 Å². The van der Waals surface area contributed by atoms with Gasteiger partial charge in [-0.15, -0.1) is 0 Å². The fourth-order valence-electron chi connectivity index (χ4n) is 1.20. The lowest BCUT2D eigenvalue weighted by Crippen LogP contribution is -2.28. The highest BCUT2D eigenvalue weighted by atomic mass is 16.7.